The van der Waals surface area contributed by atoms with Gasteiger partial charge in [-0.1, -0.05) is 12.1 Å². The zero-order valence-electron chi connectivity index (χ0n) is 9.38. The average Bonchev–Trinajstić information content (AvgIpc) is 2.22. The van der Waals surface area contributed by atoms with E-state index in [1.54, 1.807) is 12.1 Å². The van der Waals surface area contributed by atoms with Crippen molar-refractivity contribution in [2.75, 3.05) is 6.54 Å². The molecule has 16 heavy (non-hydrogen) atoms. The molecule has 1 heterocycles. The molecule has 0 bridgehead atoms. The minimum absolute atomic E-state index is 0.107. The Morgan fingerprint density at radius 3 is 2.88 bits per heavy atom. The summed E-state index contributed by atoms with van der Waals surface area (Å²) >= 11 is 0. The van der Waals surface area contributed by atoms with Crippen LogP contribution in [0.15, 0.2) is 24.3 Å². The molecule has 1 saturated heterocycles. The van der Waals surface area contributed by atoms with Crippen molar-refractivity contribution in [3.63, 3.8) is 0 Å². The first kappa shape index (κ1) is 11.1. The molecule has 1 aliphatic rings. The molecule has 1 aromatic carbocycles. The molecule has 1 amide bonds. The number of carbonyl (C=O) groups excluding carboxylic acids is 1. The smallest absolute Gasteiger partial charge is 0.241 e. The summed E-state index contributed by atoms with van der Waals surface area (Å²) < 4.78 is 13.1. The second kappa shape index (κ2) is 3.87. The van der Waals surface area contributed by atoms with Crippen LogP contribution in [0, 0.1) is 5.82 Å². The van der Waals surface area contributed by atoms with Crippen molar-refractivity contribution in [2.24, 2.45) is 0 Å². The Balaban J connectivity index is 2.28. The van der Waals surface area contributed by atoms with E-state index in [1.165, 1.54) is 12.1 Å². The molecule has 2 rings (SSSR count). The molecule has 1 aromatic rings. The van der Waals surface area contributed by atoms with E-state index >= 15 is 0 Å². The van der Waals surface area contributed by atoms with Crippen LogP contribution in [0.2, 0.25) is 0 Å². The summed E-state index contributed by atoms with van der Waals surface area (Å²) in [5, 5.41) is 6.02. The van der Waals surface area contributed by atoms with Crippen molar-refractivity contribution in [3.05, 3.63) is 35.6 Å². The van der Waals surface area contributed by atoms with Crippen LogP contribution in [0.1, 0.15) is 25.5 Å². The number of amides is 1. The third kappa shape index (κ3) is 2.22. The van der Waals surface area contributed by atoms with Gasteiger partial charge in [-0.3, -0.25) is 10.1 Å². The summed E-state index contributed by atoms with van der Waals surface area (Å²) in [5.74, 6) is -0.430. The van der Waals surface area contributed by atoms with Gasteiger partial charge in [0.25, 0.3) is 0 Å². The van der Waals surface area contributed by atoms with E-state index in [-0.39, 0.29) is 17.3 Å². The van der Waals surface area contributed by atoms with E-state index in [1.807, 2.05) is 13.8 Å². The van der Waals surface area contributed by atoms with Crippen molar-refractivity contribution in [1.29, 1.82) is 0 Å². The molecule has 86 valence electrons. The molecule has 2 N–H and O–H groups in total. The highest BCUT2D eigenvalue weighted by Gasteiger charge is 2.33. The maximum atomic E-state index is 13.1. The maximum Gasteiger partial charge on any atom is 0.241 e. The van der Waals surface area contributed by atoms with Gasteiger partial charge in [-0.2, -0.15) is 0 Å². The van der Waals surface area contributed by atoms with Crippen molar-refractivity contribution < 1.29 is 9.18 Å². The Bertz CT molecular complexity index is 417. The lowest BCUT2D eigenvalue weighted by Gasteiger charge is -2.37. The van der Waals surface area contributed by atoms with Gasteiger partial charge in [0.05, 0.1) is 0 Å². The SMILES string of the molecule is CC1(C)CNC(=O)C(c2cccc(F)c2)N1. The second-order valence-electron chi connectivity index (χ2n) is 4.73. The molecule has 4 heteroatoms. The molecule has 0 radical (unpaired) electrons. The number of halogens is 1. The van der Waals surface area contributed by atoms with Crippen LogP contribution < -0.4 is 10.6 Å². The first-order chi connectivity index (χ1) is 7.48. The molecule has 0 aromatic heterocycles. The molecule has 0 aliphatic carbocycles. The number of hydrogen-bond acceptors (Lipinski definition) is 2. The van der Waals surface area contributed by atoms with Crippen LogP contribution in [0.3, 0.4) is 0 Å². The molecular weight excluding hydrogens is 207 g/mol. The summed E-state index contributed by atoms with van der Waals surface area (Å²) in [6.07, 6.45) is 0. The fourth-order valence-corrected chi connectivity index (χ4v) is 1.84. The summed E-state index contributed by atoms with van der Waals surface area (Å²) in [4.78, 5) is 11.7. The third-order valence-corrected chi connectivity index (χ3v) is 2.68. The molecule has 0 spiro atoms. The lowest BCUT2D eigenvalue weighted by Crippen LogP contribution is -2.59. The maximum absolute atomic E-state index is 13.1. The standard InChI is InChI=1S/C12H15FN2O/c1-12(2)7-14-11(16)10(15-12)8-4-3-5-9(13)6-8/h3-6,10,15H,7H2,1-2H3,(H,14,16). The normalized spacial score (nSPS) is 23.9. The Hall–Kier alpha value is -1.42. The molecule has 1 atom stereocenters. The largest absolute Gasteiger partial charge is 0.353 e. The van der Waals surface area contributed by atoms with Crippen molar-refractivity contribution >= 4 is 5.91 Å². The zero-order chi connectivity index (χ0) is 11.8. The zero-order valence-corrected chi connectivity index (χ0v) is 9.38. The minimum atomic E-state index is -0.473. The van der Waals surface area contributed by atoms with E-state index in [2.05, 4.69) is 10.6 Å². The van der Waals surface area contributed by atoms with E-state index in [0.717, 1.165) is 0 Å². The van der Waals surface area contributed by atoms with Crippen LogP contribution in [0.4, 0.5) is 4.39 Å². The Kier molecular flexibility index (Phi) is 2.68. The number of piperazine rings is 1. The predicted molar refractivity (Wildman–Crippen MR) is 59.4 cm³/mol. The molecule has 1 fully saturated rings. The van der Waals surface area contributed by atoms with Crippen LogP contribution in [-0.2, 0) is 4.79 Å². The van der Waals surface area contributed by atoms with E-state index in [9.17, 15) is 9.18 Å². The van der Waals surface area contributed by atoms with E-state index in [4.69, 9.17) is 0 Å². The van der Waals surface area contributed by atoms with Crippen LogP contribution in [-0.4, -0.2) is 18.0 Å². The van der Waals surface area contributed by atoms with E-state index < -0.39 is 6.04 Å². The number of nitrogens with one attached hydrogen (secondary N) is 2. The fraction of sp³-hybridized carbons (Fsp3) is 0.417. The van der Waals surface area contributed by atoms with E-state index in [0.29, 0.717) is 12.1 Å². The third-order valence-electron chi connectivity index (χ3n) is 2.68. The minimum Gasteiger partial charge on any atom is -0.353 e. The molecule has 1 aliphatic heterocycles. The van der Waals surface area contributed by atoms with Crippen molar-refractivity contribution in [1.82, 2.24) is 10.6 Å². The molecule has 3 nitrogen and oxygen atoms in total. The molecule has 0 saturated carbocycles. The first-order valence-corrected chi connectivity index (χ1v) is 5.29. The highest BCUT2D eigenvalue weighted by Crippen LogP contribution is 2.21. The summed E-state index contributed by atoms with van der Waals surface area (Å²) in [7, 11) is 0. The van der Waals surface area contributed by atoms with Crippen LogP contribution >= 0.6 is 0 Å². The number of carbonyl (C=O) groups is 1. The molecule has 1 unspecified atom stereocenters. The summed E-state index contributed by atoms with van der Waals surface area (Å²) in [5.41, 5.74) is 0.482. The highest BCUT2D eigenvalue weighted by atomic mass is 19.1. The van der Waals surface area contributed by atoms with Gasteiger partial charge in [-0.15, -0.1) is 0 Å². The monoisotopic (exact) mass is 222 g/mol. The van der Waals surface area contributed by atoms with Crippen LogP contribution in [0.5, 0.6) is 0 Å². The highest BCUT2D eigenvalue weighted by molar-refractivity contribution is 5.84. The summed E-state index contributed by atoms with van der Waals surface area (Å²) in [6, 6.07) is 5.65. The van der Waals surface area contributed by atoms with Gasteiger partial charge in [0.2, 0.25) is 5.91 Å². The average molecular weight is 222 g/mol. The summed E-state index contributed by atoms with van der Waals surface area (Å²) in [6.45, 7) is 4.58. The number of rotatable bonds is 1. The van der Waals surface area contributed by atoms with Crippen LogP contribution in [0.25, 0.3) is 0 Å². The van der Waals surface area contributed by atoms with Crippen molar-refractivity contribution in [3.8, 4) is 0 Å². The molecular formula is C12H15FN2O. The van der Waals surface area contributed by atoms with Gasteiger partial charge in [-0.05, 0) is 31.5 Å². The Morgan fingerprint density at radius 1 is 1.44 bits per heavy atom. The van der Waals surface area contributed by atoms with Gasteiger partial charge in [0.15, 0.2) is 0 Å². The van der Waals surface area contributed by atoms with Gasteiger partial charge < -0.3 is 5.32 Å². The van der Waals surface area contributed by atoms with Gasteiger partial charge in [0.1, 0.15) is 11.9 Å². The topological polar surface area (TPSA) is 41.1 Å². The Morgan fingerprint density at radius 2 is 2.19 bits per heavy atom. The second-order valence-corrected chi connectivity index (χ2v) is 4.73. The van der Waals surface area contributed by atoms with Gasteiger partial charge >= 0.3 is 0 Å². The first-order valence-electron chi connectivity index (χ1n) is 5.29. The van der Waals surface area contributed by atoms with Gasteiger partial charge in [-0.25, -0.2) is 4.39 Å². The van der Waals surface area contributed by atoms with Crippen molar-refractivity contribution in [2.45, 2.75) is 25.4 Å². The predicted octanol–water partition coefficient (Wildman–Crippen LogP) is 1.36. The quantitative estimate of drug-likeness (QED) is 0.753. The van der Waals surface area contributed by atoms with Gasteiger partial charge in [0, 0.05) is 12.1 Å². The number of benzene rings is 1. The lowest BCUT2D eigenvalue weighted by molar-refractivity contribution is -0.126. The Labute approximate surface area is 94.0 Å². The lowest BCUT2D eigenvalue weighted by atomic mass is 9.96. The number of hydrogen-bond donors (Lipinski definition) is 2. The fourth-order valence-electron chi connectivity index (χ4n) is 1.84.